The van der Waals surface area contributed by atoms with Crippen molar-refractivity contribution in [2.24, 2.45) is 0 Å². The summed E-state index contributed by atoms with van der Waals surface area (Å²) in [5.74, 6) is 0.625. The van der Waals surface area contributed by atoms with E-state index in [2.05, 4.69) is 42.3 Å². The lowest BCUT2D eigenvalue weighted by molar-refractivity contribution is 0.122. The molecule has 1 N–H and O–H groups in total. The number of hydrogen-bond donors (Lipinski definition) is 1. The molecular weight excluding hydrogens is 258 g/mol. The summed E-state index contributed by atoms with van der Waals surface area (Å²) in [7, 11) is 0. The van der Waals surface area contributed by atoms with Gasteiger partial charge in [-0.25, -0.2) is 0 Å². The molecule has 0 bridgehead atoms. The molecule has 1 fully saturated rings. The standard InChI is InChI=1S/C19H27NO/c1-3-13-20(14-4-2)15-16-5-7-17(8-6-16)18-9-11-19(21)12-10-18/h3-8,18-19,21H,1-2,9-15H2/t18-,19-. The van der Waals surface area contributed by atoms with E-state index in [0.29, 0.717) is 5.92 Å². The van der Waals surface area contributed by atoms with Gasteiger partial charge < -0.3 is 5.11 Å². The third-order valence-electron chi connectivity index (χ3n) is 4.33. The van der Waals surface area contributed by atoms with Gasteiger partial charge in [0.1, 0.15) is 0 Å². The second kappa shape index (κ2) is 8.16. The second-order valence-electron chi connectivity index (χ2n) is 6.02. The summed E-state index contributed by atoms with van der Waals surface area (Å²) in [4.78, 5) is 2.31. The molecule has 0 unspecified atom stereocenters. The van der Waals surface area contributed by atoms with Gasteiger partial charge in [-0.15, -0.1) is 13.2 Å². The van der Waals surface area contributed by atoms with Crippen molar-refractivity contribution in [1.82, 2.24) is 4.90 Å². The average Bonchev–Trinajstić information content (AvgIpc) is 2.49. The lowest BCUT2D eigenvalue weighted by Gasteiger charge is -2.26. The van der Waals surface area contributed by atoms with Crippen molar-refractivity contribution in [3.63, 3.8) is 0 Å². The molecule has 0 heterocycles. The molecule has 21 heavy (non-hydrogen) atoms. The van der Waals surface area contributed by atoms with E-state index in [1.54, 1.807) is 0 Å². The van der Waals surface area contributed by atoms with Gasteiger partial charge in [-0.3, -0.25) is 4.90 Å². The number of aliphatic hydroxyl groups is 1. The van der Waals surface area contributed by atoms with Gasteiger partial charge in [-0.2, -0.15) is 0 Å². The molecular formula is C19H27NO. The van der Waals surface area contributed by atoms with Crippen LogP contribution in [0.1, 0.15) is 42.7 Å². The molecule has 1 saturated carbocycles. The van der Waals surface area contributed by atoms with Crippen LogP contribution in [0.15, 0.2) is 49.6 Å². The molecule has 114 valence electrons. The third kappa shape index (κ3) is 4.83. The van der Waals surface area contributed by atoms with Crippen molar-refractivity contribution < 1.29 is 5.11 Å². The number of aliphatic hydroxyl groups excluding tert-OH is 1. The molecule has 0 aliphatic heterocycles. The van der Waals surface area contributed by atoms with Gasteiger partial charge in [-0.05, 0) is 42.7 Å². The minimum Gasteiger partial charge on any atom is -0.393 e. The maximum absolute atomic E-state index is 9.60. The van der Waals surface area contributed by atoms with Gasteiger partial charge >= 0.3 is 0 Å². The minimum absolute atomic E-state index is 0.0770. The van der Waals surface area contributed by atoms with Gasteiger partial charge in [0, 0.05) is 19.6 Å². The molecule has 0 aromatic heterocycles. The summed E-state index contributed by atoms with van der Waals surface area (Å²) in [6.45, 7) is 10.3. The van der Waals surface area contributed by atoms with Crippen molar-refractivity contribution in [3.8, 4) is 0 Å². The molecule has 1 aliphatic carbocycles. The van der Waals surface area contributed by atoms with Crippen LogP contribution in [-0.2, 0) is 6.54 Å². The number of benzene rings is 1. The molecule has 0 amide bonds. The number of hydrogen-bond acceptors (Lipinski definition) is 2. The van der Waals surface area contributed by atoms with Crippen LogP contribution in [0.4, 0.5) is 0 Å². The van der Waals surface area contributed by atoms with Gasteiger partial charge in [0.05, 0.1) is 6.10 Å². The summed E-state index contributed by atoms with van der Waals surface area (Å²) >= 11 is 0. The fraction of sp³-hybridized carbons (Fsp3) is 0.474. The zero-order valence-corrected chi connectivity index (χ0v) is 12.9. The van der Waals surface area contributed by atoms with E-state index in [4.69, 9.17) is 0 Å². The van der Waals surface area contributed by atoms with E-state index in [1.165, 1.54) is 11.1 Å². The Labute approximate surface area is 128 Å². The molecule has 0 atom stereocenters. The first-order valence-electron chi connectivity index (χ1n) is 7.94. The van der Waals surface area contributed by atoms with Crippen LogP contribution < -0.4 is 0 Å². The Hall–Kier alpha value is -1.38. The van der Waals surface area contributed by atoms with Crippen molar-refractivity contribution in [2.45, 2.75) is 44.2 Å². The van der Waals surface area contributed by atoms with Gasteiger partial charge in [0.15, 0.2) is 0 Å². The predicted molar refractivity (Wildman–Crippen MR) is 89.3 cm³/mol. The second-order valence-corrected chi connectivity index (χ2v) is 6.02. The van der Waals surface area contributed by atoms with Crippen LogP contribution in [0.3, 0.4) is 0 Å². The average molecular weight is 285 g/mol. The number of rotatable bonds is 7. The van der Waals surface area contributed by atoms with E-state index in [-0.39, 0.29) is 6.10 Å². The highest BCUT2D eigenvalue weighted by Gasteiger charge is 2.20. The van der Waals surface area contributed by atoms with E-state index >= 15 is 0 Å². The molecule has 1 aliphatic rings. The fourth-order valence-corrected chi connectivity index (χ4v) is 3.13. The molecule has 1 aromatic carbocycles. The zero-order chi connectivity index (χ0) is 15.1. The maximum Gasteiger partial charge on any atom is 0.0540 e. The monoisotopic (exact) mass is 285 g/mol. The lowest BCUT2D eigenvalue weighted by Crippen LogP contribution is -2.23. The molecule has 2 nitrogen and oxygen atoms in total. The summed E-state index contributed by atoms with van der Waals surface area (Å²) in [6, 6.07) is 8.99. The Balaban J connectivity index is 1.94. The fourth-order valence-electron chi connectivity index (χ4n) is 3.13. The van der Waals surface area contributed by atoms with Crippen LogP contribution in [-0.4, -0.2) is 29.2 Å². The lowest BCUT2D eigenvalue weighted by atomic mass is 9.82. The van der Waals surface area contributed by atoms with Crippen LogP contribution in [0.5, 0.6) is 0 Å². The van der Waals surface area contributed by atoms with E-state index < -0.39 is 0 Å². The highest BCUT2D eigenvalue weighted by Crippen LogP contribution is 2.32. The smallest absolute Gasteiger partial charge is 0.0540 e. The minimum atomic E-state index is -0.0770. The summed E-state index contributed by atoms with van der Waals surface area (Å²) in [5, 5.41) is 9.60. The van der Waals surface area contributed by atoms with E-state index in [0.717, 1.165) is 45.3 Å². The van der Waals surface area contributed by atoms with Crippen LogP contribution in [0.25, 0.3) is 0 Å². The first kappa shape index (κ1) is 16.0. The van der Waals surface area contributed by atoms with Crippen molar-refractivity contribution in [1.29, 1.82) is 0 Å². The molecule has 2 rings (SSSR count). The van der Waals surface area contributed by atoms with Crippen LogP contribution in [0.2, 0.25) is 0 Å². The topological polar surface area (TPSA) is 23.5 Å². The van der Waals surface area contributed by atoms with Crippen molar-refractivity contribution in [3.05, 3.63) is 60.7 Å². The third-order valence-corrected chi connectivity index (χ3v) is 4.33. The highest BCUT2D eigenvalue weighted by molar-refractivity contribution is 5.26. The molecule has 2 heteroatoms. The maximum atomic E-state index is 9.60. The summed E-state index contributed by atoms with van der Waals surface area (Å²) in [6.07, 6.45) is 7.90. The largest absolute Gasteiger partial charge is 0.393 e. The predicted octanol–water partition coefficient (Wildman–Crippen LogP) is 3.88. The van der Waals surface area contributed by atoms with Gasteiger partial charge in [-0.1, -0.05) is 36.4 Å². The first-order chi connectivity index (χ1) is 10.2. The van der Waals surface area contributed by atoms with Crippen molar-refractivity contribution >= 4 is 0 Å². The summed E-state index contributed by atoms with van der Waals surface area (Å²) in [5.41, 5.74) is 2.75. The summed E-state index contributed by atoms with van der Waals surface area (Å²) < 4.78 is 0. The van der Waals surface area contributed by atoms with Gasteiger partial charge in [0.2, 0.25) is 0 Å². The van der Waals surface area contributed by atoms with E-state index in [1.807, 2.05) is 12.2 Å². The van der Waals surface area contributed by atoms with Crippen LogP contribution >= 0.6 is 0 Å². The first-order valence-corrected chi connectivity index (χ1v) is 7.94. The Morgan fingerprint density at radius 2 is 1.57 bits per heavy atom. The quantitative estimate of drug-likeness (QED) is 0.769. The van der Waals surface area contributed by atoms with Crippen LogP contribution in [0, 0.1) is 0 Å². The Kier molecular flexibility index (Phi) is 6.21. The molecule has 0 saturated heterocycles. The highest BCUT2D eigenvalue weighted by atomic mass is 16.3. The molecule has 0 spiro atoms. The zero-order valence-electron chi connectivity index (χ0n) is 12.9. The Bertz CT molecular complexity index is 433. The number of nitrogens with zero attached hydrogens (tertiary/aromatic N) is 1. The van der Waals surface area contributed by atoms with Gasteiger partial charge in [0.25, 0.3) is 0 Å². The SMILES string of the molecule is C=CCN(CC=C)Cc1ccc([C@H]2CC[C@H](O)CC2)cc1. The Morgan fingerprint density at radius 1 is 1.00 bits per heavy atom. The molecule has 1 aromatic rings. The molecule has 0 radical (unpaired) electrons. The normalized spacial score (nSPS) is 22.2. The van der Waals surface area contributed by atoms with E-state index in [9.17, 15) is 5.11 Å². The Morgan fingerprint density at radius 3 is 2.10 bits per heavy atom. The van der Waals surface area contributed by atoms with Crippen molar-refractivity contribution in [2.75, 3.05) is 13.1 Å².